The molecule has 1 heterocycles. The van der Waals surface area contributed by atoms with E-state index in [-0.39, 0.29) is 44.3 Å². The molecule has 1 saturated heterocycles. The number of hydrogen-bond donors (Lipinski definition) is 3. The van der Waals surface area contributed by atoms with Gasteiger partial charge in [0.05, 0.1) is 6.54 Å². The lowest BCUT2D eigenvalue weighted by atomic mass is 9.87. The van der Waals surface area contributed by atoms with Gasteiger partial charge in [-0.25, -0.2) is 4.79 Å². The van der Waals surface area contributed by atoms with Gasteiger partial charge < -0.3 is 20.4 Å². The highest BCUT2D eigenvalue weighted by atomic mass is 16.4. The molecule has 130 valence electrons. The lowest BCUT2D eigenvalue weighted by molar-refractivity contribution is -0.165. The molecule has 0 aromatic rings. The van der Waals surface area contributed by atoms with Crippen LogP contribution in [0.3, 0.4) is 0 Å². The number of nitrogens with zero attached hydrogens (tertiary/aromatic N) is 1. The zero-order chi connectivity index (χ0) is 16.9. The Labute approximate surface area is 136 Å². The van der Waals surface area contributed by atoms with Crippen LogP contribution in [-0.2, 0) is 14.4 Å². The van der Waals surface area contributed by atoms with Crippen molar-refractivity contribution >= 4 is 17.8 Å². The summed E-state index contributed by atoms with van der Waals surface area (Å²) in [5, 5.41) is 21.4. The van der Waals surface area contributed by atoms with Gasteiger partial charge in [0.1, 0.15) is 0 Å². The highest BCUT2D eigenvalue weighted by molar-refractivity contribution is 5.85. The number of nitrogens with one attached hydrogen (secondary N) is 1. The molecule has 2 amide bonds. The van der Waals surface area contributed by atoms with Gasteiger partial charge in [0.2, 0.25) is 11.8 Å². The summed E-state index contributed by atoms with van der Waals surface area (Å²) in [6.07, 6.45) is 6.28. The maximum absolute atomic E-state index is 12.1. The molecule has 0 aromatic heterocycles. The van der Waals surface area contributed by atoms with Crippen molar-refractivity contribution in [3.63, 3.8) is 0 Å². The van der Waals surface area contributed by atoms with Crippen LogP contribution in [0, 0.1) is 5.92 Å². The lowest BCUT2D eigenvalue weighted by Crippen LogP contribution is -2.52. The van der Waals surface area contributed by atoms with Crippen LogP contribution in [0.15, 0.2) is 0 Å². The van der Waals surface area contributed by atoms with Gasteiger partial charge in [-0.1, -0.05) is 19.3 Å². The largest absolute Gasteiger partial charge is 0.479 e. The summed E-state index contributed by atoms with van der Waals surface area (Å²) in [4.78, 5) is 36.4. The molecule has 0 spiro atoms. The van der Waals surface area contributed by atoms with Crippen molar-refractivity contribution in [2.45, 2.75) is 57.0 Å². The Morgan fingerprint density at radius 1 is 1.09 bits per heavy atom. The quantitative estimate of drug-likeness (QED) is 0.682. The Morgan fingerprint density at radius 3 is 2.26 bits per heavy atom. The highest BCUT2D eigenvalue weighted by Crippen LogP contribution is 2.26. The molecular weight excluding hydrogens is 300 g/mol. The minimum atomic E-state index is -1.74. The molecule has 0 unspecified atom stereocenters. The molecular formula is C16H26N2O5. The predicted octanol–water partition coefficient (Wildman–Crippen LogP) is 0.511. The molecule has 0 radical (unpaired) electrons. The fraction of sp³-hybridized carbons (Fsp3) is 0.812. The van der Waals surface area contributed by atoms with Crippen molar-refractivity contribution in [2.24, 2.45) is 5.92 Å². The summed E-state index contributed by atoms with van der Waals surface area (Å²) < 4.78 is 0. The number of aliphatic hydroxyl groups is 1. The fourth-order valence-electron chi connectivity index (χ4n) is 3.35. The van der Waals surface area contributed by atoms with Crippen LogP contribution in [0.25, 0.3) is 0 Å². The number of carboxylic acid groups (broad SMARTS) is 1. The van der Waals surface area contributed by atoms with Crippen LogP contribution in [0.5, 0.6) is 0 Å². The smallest absolute Gasteiger partial charge is 0.335 e. The molecule has 2 aliphatic rings. The van der Waals surface area contributed by atoms with Crippen LogP contribution in [0.1, 0.15) is 51.4 Å². The number of hydrogen-bond acceptors (Lipinski definition) is 4. The molecule has 1 aliphatic carbocycles. The van der Waals surface area contributed by atoms with Crippen molar-refractivity contribution in [3.8, 4) is 0 Å². The average Bonchev–Trinajstić information content (AvgIpc) is 2.54. The second-order valence-electron chi connectivity index (χ2n) is 6.70. The summed E-state index contributed by atoms with van der Waals surface area (Å²) in [5.41, 5.74) is -1.74. The van der Waals surface area contributed by atoms with Crippen molar-refractivity contribution in [2.75, 3.05) is 19.6 Å². The van der Waals surface area contributed by atoms with E-state index in [1.165, 1.54) is 24.2 Å². The Hall–Kier alpha value is -1.63. The monoisotopic (exact) mass is 326 g/mol. The third-order valence-electron chi connectivity index (χ3n) is 4.98. The van der Waals surface area contributed by atoms with E-state index >= 15 is 0 Å². The third kappa shape index (κ3) is 4.92. The Kier molecular flexibility index (Phi) is 5.98. The van der Waals surface area contributed by atoms with Gasteiger partial charge >= 0.3 is 5.97 Å². The van der Waals surface area contributed by atoms with Gasteiger partial charge in [-0.15, -0.1) is 0 Å². The van der Waals surface area contributed by atoms with E-state index in [0.717, 1.165) is 12.8 Å². The van der Waals surface area contributed by atoms with E-state index in [9.17, 15) is 19.5 Å². The standard InChI is InChI=1S/C16H26N2O5/c19-13(10-12-4-2-1-3-5-12)17-11-14(20)18-8-6-16(23,7-9-18)15(21)22/h12,23H,1-11H2,(H,17,19)(H,21,22). The fourth-order valence-corrected chi connectivity index (χ4v) is 3.35. The van der Waals surface area contributed by atoms with E-state index < -0.39 is 11.6 Å². The number of amides is 2. The average molecular weight is 326 g/mol. The van der Waals surface area contributed by atoms with Crippen molar-refractivity contribution < 1.29 is 24.6 Å². The molecule has 0 atom stereocenters. The maximum Gasteiger partial charge on any atom is 0.335 e. The number of carbonyl (C=O) groups is 3. The second kappa shape index (κ2) is 7.77. The Bertz CT molecular complexity index is 451. The number of piperidine rings is 1. The molecule has 2 rings (SSSR count). The molecule has 2 fully saturated rings. The SMILES string of the molecule is O=C(CC1CCCCC1)NCC(=O)N1CCC(O)(C(=O)O)CC1. The summed E-state index contributed by atoms with van der Waals surface area (Å²) in [6, 6.07) is 0. The van der Waals surface area contributed by atoms with Crippen LogP contribution in [0.2, 0.25) is 0 Å². The van der Waals surface area contributed by atoms with E-state index in [2.05, 4.69) is 5.32 Å². The van der Waals surface area contributed by atoms with Gasteiger partial charge in [-0.3, -0.25) is 9.59 Å². The van der Waals surface area contributed by atoms with Crippen LogP contribution >= 0.6 is 0 Å². The van der Waals surface area contributed by atoms with Gasteiger partial charge in [0, 0.05) is 32.4 Å². The second-order valence-corrected chi connectivity index (χ2v) is 6.70. The number of rotatable bonds is 5. The number of carbonyl (C=O) groups excluding carboxylic acids is 2. The summed E-state index contributed by atoms with van der Waals surface area (Å²) in [5.74, 6) is -1.14. The normalized spacial score (nSPS) is 21.7. The van der Waals surface area contributed by atoms with Crippen LogP contribution < -0.4 is 5.32 Å². The first-order valence-electron chi connectivity index (χ1n) is 8.41. The first-order valence-corrected chi connectivity index (χ1v) is 8.41. The number of carboxylic acids is 1. The predicted molar refractivity (Wildman–Crippen MR) is 82.6 cm³/mol. The minimum Gasteiger partial charge on any atom is -0.479 e. The number of aliphatic carboxylic acids is 1. The van der Waals surface area contributed by atoms with Gasteiger partial charge in [0.15, 0.2) is 5.60 Å². The summed E-state index contributed by atoms with van der Waals surface area (Å²) >= 11 is 0. The number of likely N-dealkylation sites (tertiary alicyclic amines) is 1. The highest BCUT2D eigenvalue weighted by Gasteiger charge is 2.40. The molecule has 7 heteroatoms. The first-order chi connectivity index (χ1) is 10.9. The molecule has 0 aromatic carbocycles. The molecule has 23 heavy (non-hydrogen) atoms. The van der Waals surface area contributed by atoms with Crippen molar-refractivity contribution in [1.29, 1.82) is 0 Å². The van der Waals surface area contributed by atoms with Crippen LogP contribution in [-0.4, -0.2) is 58.1 Å². The maximum atomic E-state index is 12.1. The van der Waals surface area contributed by atoms with Crippen molar-refractivity contribution in [1.82, 2.24) is 10.2 Å². The molecule has 1 saturated carbocycles. The molecule has 1 aliphatic heterocycles. The molecule has 3 N–H and O–H groups in total. The zero-order valence-electron chi connectivity index (χ0n) is 13.4. The van der Waals surface area contributed by atoms with Gasteiger partial charge in [0.25, 0.3) is 0 Å². The van der Waals surface area contributed by atoms with E-state index in [4.69, 9.17) is 5.11 Å². The lowest BCUT2D eigenvalue weighted by Gasteiger charge is -2.35. The topological polar surface area (TPSA) is 107 Å². The van der Waals surface area contributed by atoms with Gasteiger partial charge in [-0.2, -0.15) is 0 Å². The van der Waals surface area contributed by atoms with Crippen LogP contribution in [0.4, 0.5) is 0 Å². The molecule has 7 nitrogen and oxygen atoms in total. The van der Waals surface area contributed by atoms with E-state index in [1.807, 2.05) is 0 Å². The first kappa shape index (κ1) is 17.7. The Morgan fingerprint density at radius 2 is 1.70 bits per heavy atom. The molecule has 0 bridgehead atoms. The van der Waals surface area contributed by atoms with E-state index in [0.29, 0.717) is 12.3 Å². The summed E-state index contributed by atoms with van der Waals surface area (Å²) in [7, 11) is 0. The van der Waals surface area contributed by atoms with Crippen molar-refractivity contribution in [3.05, 3.63) is 0 Å². The van der Waals surface area contributed by atoms with Gasteiger partial charge in [-0.05, 0) is 18.8 Å². The van der Waals surface area contributed by atoms with E-state index in [1.54, 1.807) is 0 Å². The third-order valence-corrected chi connectivity index (χ3v) is 4.98. The minimum absolute atomic E-state index is 0.0180. The zero-order valence-corrected chi connectivity index (χ0v) is 13.4. The Balaban J connectivity index is 1.69. The summed E-state index contributed by atoms with van der Waals surface area (Å²) in [6.45, 7) is 0.331.